The number of ether oxygens (including phenoxy) is 3. The zero-order chi connectivity index (χ0) is 15.9. The van der Waals surface area contributed by atoms with Crippen LogP contribution >= 0.6 is 0 Å². The molecule has 7 heteroatoms. The summed E-state index contributed by atoms with van der Waals surface area (Å²) in [5, 5.41) is 21.9. The van der Waals surface area contributed by atoms with Gasteiger partial charge in [-0.15, -0.1) is 0 Å². The number of rotatable bonds is 1. The van der Waals surface area contributed by atoms with Crippen LogP contribution in [0, 0.1) is 17.3 Å². The molecule has 120 valence electrons. The number of carbonyl (C=O) groups is 2. The third-order valence-corrected chi connectivity index (χ3v) is 6.85. The Hall–Kier alpha value is -1.18. The molecule has 2 saturated carbocycles. The first-order valence-corrected chi connectivity index (χ1v) is 7.63. The predicted octanol–water partition coefficient (Wildman–Crippen LogP) is -0.867. The normalized spacial score (nSPS) is 60.7. The van der Waals surface area contributed by atoms with Gasteiger partial charge in [0.25, 0.3) is 0 Å². The molecule has 0 aromatic heterocycles. The minimum Gasteiger partial charge on any atom is -0.458 e. The molecule has 3 heterocycles. The van der Waals surface area contributed by atoms with E-state index in [1.165, 1.54) is 0 Å². The molecule has 5 rings (SSSR count). The van der Waals surface area contributed by atoms with Crippen LogP contribution in [0.4, 0.5) is 0 Å². The van der Waals surface area contributed by atoms with Crippen LogP contribution in [0.2, 0.25) is 0 Å². The number of hydrogen-bond donors (Lipinski definition) is 2. The van der Waals surface area contributed by atoms with E-state index in [4.69, 9.17) is 14.2 Å². The quantitative estimate of drug-likeness (QED) is 0.479. The van der Waals surface area contributed by atoms with Crippen LogP contribution < -0.4 is 0 Å². The second-order valence-electron chi connectivity index (χ2n) is 8.06. The van der Waals surface area contributed by atoms with E-state index in [1.54, 1.807) is 20.8 Å². The molecule has 0 amide bonds. The Bertz CT molecular complexity index is 638. The summed E-state index contributed by atoms with van der Waals surface area (Å²) in [7, 11) is 0. The van der Waals surface area contributed by atoms with Crippen molar-refractivity contribution in [1.29, 1.82) is 0 Å². The van der Waals surface area contributed by atoms with Crippen molar-refractivity contribution in [1.82, 2.24) is 0 Å². The minimum absolute atomic E-state index is 0.189. The maximum Gasteiger partial charge on any atom is 0.342 e. The fourth-order valence-electron chi connectivity index (χ4n) is 5.83. The van der Waals surface area contributed by atoms with Gasteiger partial charge in [0.05, 0.1) is 22.5 Å². The van der Waals surface area contributed by atoms with Crippen LogP contribution in [0.3, 0.4) is 0 Å². The lowest BCUT2D eigenvalue weighted by atomic mass is 9.52. The highest BCUT2D eigenvalue weighted by Gasteiger charge is 2.95. The van der Waals surface area contributed by atoms with Gasteiger partial charge in [-0.1, -0.05) is 0 Å². The Morgan fingerprint density at radius 3 is 2.59 bits per heavy atom. The molecule has 22 heavy (non-hydrogen) atoms. The standard InChI is InChI=1S/C15H18O7/c1-12(2,18)6-7-10(16)20-8(6)9-13(3)14(7,19)4-5-15(13,22-5)11(17)21-9/h5-9,18-19H,4H2,1-3H3/t5-,6-,7-,8-,9+,13+,14+,15+/m1/s1. The van der Waals surface area contributed by atoms with E-state index in [2.05, 4.69) is 0 Å². The zero-order valence-electron chi connectivity index (χ0n) is 12.5. The highest BCUT2D eigenvalue weighted by molar-refractivity contribution is 5.91. The number of aliphatic hydroxyl groups is 2. The van der Waals surface area contributed by atoms with Crippen molar-refractivity contribution in [2.45, 2.75) is 62.3 Å². The molecule has 8 atom stereocenters. The monoisotopic (exact) mass is 310 g/mol. The molecule has 7 nitrogen and oxygen atoms in total. The molecule has 2 bridgehead atoms. The Balaban J connectivity index is 1.76. The van der Waals surface area contributed by atoms with E-state index < -0.39 is 64.3 Å². The smallest absolute Gasteiger partial charge is 0.342 e. The molecule has 3 aliphatic heterocycles. The van der Waals surface area contributed by atoms with E-state index in [9.17, 15) is 19.8 Å². The Kier molecular flexibility index (Phi) is 1.85. The molecule has 2 aliphatic carbocycles. The van der Waals surface area contributed by atoms with Gasteiger partial charge in [0, 0.05) is 12.3 Å². The van der Waals surface area contributed by atoms with Crippen molar-refractivity contribution in [2.75, 3.05) is 0 Å². The molecule has 0 unspecified atom stereocenters. The van der Waals surface area contributed by atoms with E-state index >= 15 is 0 Å². The number of fused-ring (bicyclic) bond motifs is 4. The summed E-state index contributed by atoms with van der Waals surface area (Å²) in [5.41, 5.74) is -4.89. The Morgan fingerprint density at radius 2 is 1.95 bits per heavy atom. The zero-order valence-corrected chi connectivity index (χ0v) is 12.5. The lowest BCUT2D eigenvalue weighted by molar-refractivity contribution is -0.223. The van der Waals surface area contributed by atoms with Crippen molar-refractivity contribution in [3.8, 4) is 0 Å². The minimum atomic E-state index is -1.47. The van der Waals surface area contributed by atoms with Gasteiger partial charge < -0.3 is 24.4 Å². The molecule has 2 N–H and O–H groups in total. The summed E-state index contributed by atoms with van der Waals surface area (Å²) in [6.07, 6.45) is -1.78. The number of hydrogen-bond acceptors (Lipinski definition) is 7. The summed E-state index contributed by atoms with van der Waals surface area (Å²) in [6, 6.07) is 0. The summed E-state index contributed by atoms with van der Waals surface area (Å²) < 4.78 is 16.5. The summed E-state index contributed by atoms with van der Waals surface area (Å²) in [6.45, 7) is 4.92. The van der Waals surface area contributed by atoms with E-state index in [0.29, 0.717) is 0 Å². The van der Waals surface area contributed by atoms with E-state index in [1.807, 2.05) is 0 Å². The van der Waals surface area contributed by atoms with Crippen LogP contribution in [0.1, 0.15) is 27.2 Å². The van der Waals surface area contributed by atoms with Crippen LogP contribution in [-0.4, -0.2) is 57.3 Å². The van der Waals surface area contributed by atoms with Gasteiger partial charge in [0.1, 0.15) is 12.2 Å². The lowest BCUT2D eigenvalue weighted by Crippen LogP contribution is -2.68. The van der Waals surface area contributed by atoms with E-state index in [-0.39, 0.29) is 6.42 Å². The average Bonchev–Trinajstić information content (AvgIpc) is 2.85. The first kappa shape index (κ1) is 13.3. The van der Waals surface area contributed by atoms with Crippen molar-refractivity contribution in [2.24, 2.45) is 17.3 Å². The second-order valence-corrected chi connectivity index (χ2v) is 8.06. The first-order valence-electron chi connectivity index (χ1n) is 7.63. The molecule has 0 aromatic carbocycles. The highest BCUT2D eigenvalue weighted by atomic mass is 16.7. The molecule has 0 aromatic rings. The van der Waals surface area contributed by atoms with E-state index in [0.717, 1.165) is 0 Å². The van der Waals surface area contributed by atoms with Gasteiger partial charge in [-0.05, 0) is 20.8 Å². The second kappa shape index (κ2) is 3.07. The van der Waals surface area contributed by atoms with Gasteiger partial charge in [-0.2, -0.15) is 0 Å². The van der Waals surface area contributed by atoms with Gasteiger partial charge in [-0.3, -0.25) is 4.79 Å². The summed E-state index contributed by atoms with van der Waals surface area (Å²) in [5.74, 6) is -2.51. The van der Waals surface area contributed by atoms with Gasteiger partial charge in [0.2, 0.25) is 5.60 Å². The molecule has 5 fully saturated rings. The molecular weight excluding hydrogens is 292 g/mol. The fourth-order valence-corrected chi connectivity index (χ4v) is 5.83. The largest absolute Gasteiger partial charge is 0.458 e. The predicted molar refractivity (Wildman–Crippen MR) is 68.3 cm³/mol. The Morgan fingerprint density at radius 1 is 1.27 bits per heavy atom. The fraction of sp³-hybridized carbons (Fsp3) is 0.867. The van der Waals surface area contributed by atoms with Gasteiger partial charge >= 0.3 is 11.9 Å². The summed E-state index contributed by atoms with van der Waals surface area (Å²) >= 11 is 0. The van der Waals surface area contributed by atoms with Gasteiger partial charge in [-0.25, -0.2) is 4.79 Å². The Labute approximate surface area is 126 Å². The first-order chi connectivity index (χ1) is 10.1. The third kappa shape index (κ3) is 0.962. The average molecular weight is 310 g/mol. The van der Waals surface area contributed by atoms with Crippen LogP contribution in [0.15, 0.2) is 0 Å². The number of epoxide rings is 1. The molecular formula is C15H18O7. The van der Waals surface area contributed by atoms with Crippen molar-refractivity contribution < 1.29 is 34.0 Å². The van der Waals surface area contributed by atoms with Crippen molar-refractivity contribution in [3.63, 3.8) is 0 Å². The van der Waals surface area contributed by atoms with Crippen LogP contribution in [0.25, 0.3) is 0 Å². The SMILES string of the molecule is CC(C)(O)[C@H]1[C@H]2OC(=O)[C@@H]1[C@@]1(O)C[C@H]3O[C@]34C(=O)O[C@@H]2[C@]41C. The van der Waals surface area contributed by atoms with Crippen molar-refractivity contribution in [3.05, 3.63) is 0 Å². The highest BCUT2D eigenvalue weighted by Crippen LogP contribution is 2.77. The molecule has 1 spiro atoms. The third-order valence-electron chi connectivity index (χ3n) is 6.85. The molecule has 3 saturated heterocycles. The van der Waals surface area contributed by atoms with Crippen LogP contribution in [-0.2, 0) is 23.8 Å². The number of esters is 2. The maximum absolute atomic E-state index is 12.4. The molecule has 5 aliphatic rings. The summed E-state index contributed by atoms with van der Waals surface area (Å²) in [4.78, 5) is 24.8. The number of carbonyl (C=O) groups excluding carboxylic acids is 2. The lowest BCUT2D eigenvalue weighted by Gasteiger charge is -2.53. The van der Waals surface area contributed by atoms with Crippen LogP contribution in [0.5, 0.6) is 0 Å². The maximum atomic E-state index is 12.4. The van der Waals surface area contributed by atoms with Crippen molar-refractivity contribution >= 4 is 11.9 Å². The van der Waals surface area contributed by atoms with Gasteiger partial charge in [0.15, 0.2) is 6.10 Å². The molecule has 0 radical (unpaired) electrons. The topological polar surface area (TPSA) is 106 Å².